The molecule has 7 nitrogen and oxygen atoms in total. The van der Waals surface area contributed by atoms with Crippen LogP contribution in [-0.4, -0.2) is 44.7 Å². The number of nitrogens with two attached hydrogens (primary N) is 1. The van der Waals surface area contributed by atoms with E-state index in [-0.39, 0.29) is 0 Å². The number of ether oxygens (including phenoxy) is 2. The Morgan fingerprint density at radius 3 is 2.50 bits per heavy atom. The molecule has 1 saturated heterocycles. The quantitative estimate of drug-likeness (QED) is 0.552. The highest BCUT2D eigenvalue weighted by Crippen LogP contribution is 2.34. The predicted octanol–water partition coefficient (Wildman–Crippen LogP) is 2.00. The summed E-state index contributed by atoms with van der Waals surface area (Å²) in [6.45, 7) is 2.81. The summed E-state index contributed by atoms with van der Waals surface area (Å²) in [5, 5.41) is 6.92. The lowest BCUT2D eigenvalue weighted by atomic mass is 9.82. The van der Waals surface area contributed by atoms with E-state index in [4.69, 9.17) is 15.2 Å². The van der Waals surface area contributed by atoms with Crippen molar-refractivity contribution in [2.75, 3.05) is 33.9 Å². The normalized spacial score (nSPS) is 16.6. The standard InChI is InChI=1S/C23H32N4O3/c1-29-20-4-3-19(15-21(20)30-2)23(22(24)28,16-18-7-12-26-13-8-18)27-14-9-17-5-10-25-11-6-17/h3-4,7-8,12-13,15,17,25,27H,5-6,9-11,14,16H2,1-2H3,(H2,24,28). The van der Waals surface area contributed by atoms with Crippen molar-refractivity contribution in [3.63, 3.8) is 0 Å². The van der Waals surface area contributed by atoms with Gasteiger partial charge in [-0.2, -0.15) is 0 Å². The van der Waals surface area contributed by atoms with Crippen molar-refractivity contribution < 1.29 is 14.3 Å². The second-order valence-electron chi connectivity index (χ2n) is 7.78. The zero-order valence-corrected chi connectivity index (χ0v) is 17.8. The lowest BCUT2D eigenvalue weighted by Crippen LogP contribution is -2.54. The van der Waals surface area contributed by atoms with Gasteiger partial charge in [0, 0.05) is 18.8 Å². The summed E-state index contributed by atoms with van der Waals surface area (Å²) in [6.07, 6.45) is 7.19. The molecule has 7 heteroatoms. The van der Waals surface area contributed by atoms with Crippen LogP contribution in [0.5, 0.6) is 11.5 Å². The van der Waals surface area contributed by atoms with Crippen LogP contribution in [0.4, 0.5) is 0 Å². The van der Waals surface area contributed by atoms with Gasteiger partial charge in [-0.1, -0.05) is 6.07 Å². The fourth-order valence-electron chi connectivity index (χ4n) is 4.15. The Hall–Kier alpha value is -2.64. The average Bonchev–Trinajstić information content (AvgIpc) is 2.79. The summed E-state index contributed by atoms with van der Waals surface area (Å²) in [4.78, 5) is 17.0. The Morgan fingerprint density at radius 1 is 1.17 bits per heavy atom. The van der Waals surface area contributed by atoms with Gasteiger partial charge in [-0.3, -0.25) is 15.1 Å². The summed E-state index contributed by atoms with van der Waals surface area (Å²) in [5.74, 6) is 1.40. The number of nitrogens with one attached hydrogen (secondary N) is 2. The van der Waals surface area contributed by atoms with E-state index in [2.05, 4.69) is 15.6 Å². The van der Waals surface area contributed by atoms with Crippen LogP contribution in [-0.2, 0) is 16.8 Å². The number of pyridine rings is 1. The van der Waals surface area contributed by atoms with Crippen molar-refractivity contribution in [1.82, 2.24) is 15.6 Å². The average molecular weight is 413 g/mol. The van der Waals surface area contributed by atoms with Crippen molar-refractivity contribution in [1.29, 1.82) is 0 Å². The van der Waals surface area contributed by atoms with E-state index in [1.807, 2.05) is 30.3 Å². The third kappa shape index (κ3) is 5.09. The van der Waals surface area contributed by atoms with Crippen LogP contribution in [0.2, 0.25) is 0 Å². The molecule has 1 aromatic carbocycles. The molecular formula is C23H32N4O3. The van der Waals surface area contributed by atoms with E-state index in [1.165, 1.54) is 0 Å². The summed E-state index contributed by atoms with van der Waals surface area (Å²) >= 11 is 0. The SMILES string of the molecule is COc1ccc(C(Cc2ccncc2)(NCCC2CCNCC2)C(N)=O)cc1OC. The van der Waals surface area contributed by atoms with Gasteiger partial charge < -0.3 is 20.5 Å². The molecule has 0 bridgehead atoms. The molecule has 2 heterocycles. The van der Waals surface area contributed by atoms with Crippen molar-refractivity contribution in [3.05, 3.63) is 53.9 Å². The van der Waals surface area contributed by atoms with Gasteiger partial charge >= 0.3 is 0 Å². The number of nitrogens with zero attached hydrogens (tertiary/aromatic N) is 1. The van der Waals surface area contributed by atoms with Crippen LogP contribution in [0.15, 0.2) is 42.7 Å². The number of carbonyl (C=O) groups is 1. The lowest BCUT2D eigenvalue weighted by molar-refractivity contribution is -0.124. The van der Waals surface area contributed by atoms with Crippen LogP contribution >= 0.6 is 0 Å². The number of rotatable bonds is 10. The fraction of sp³-hybridized carbons (Fsp3) is 0.478. The predicted molar refractivity (Wildman–Crippen MR) is 117 cm³/mol. The molecule has 0 saturated carbocycles. The number of primary amides is 1. The van der Waals surface area contributed by atoms with Gasteiger partial charge in [0.05, 0.1) is 14.2 Å². The van der Waals surface area contributed by atoms with Crippen LogP contribution < -0.4 is 25.8 Å². The molecule has 1 amide bonds. The molecule has 1 atom stereocenters. The maximum absolute atomic E-state index is 12.9. The number of amides is 1. The molecule has 2 aromatic rings. The van der Waals surface area contributed by atoms with Crippen molar-refractivity contribution in [3.8, 4) is 11.5 Å². The van der Waals surface area contributed by atoms with E-state index in [9.17, 15) is 4.79 Å². The molecule has 3 rings (SSSR count). The van der Waals surface area contributed by atoms with Gasteiger partial charge in [-0.15, -0.1) is 0 Å². The molecule has 1 aliphatic heterocycles. The molecule has 1 aliphatic rings. The number of carbonyl (C=O) groups excluding carboxylic acids is 1. The fourth-order valence-corrected chi connectivity index (χ4v) is 4.15. The van der Waals surface area contributed by atoms with Crippen LogP contribution in [0.1, 0.15) is 30.4 Å². The first-order valence-corrected chi connectivity index (χ1v) is 10.5. The molecular weight excluding hydrogens is 380 g/mol. The largest absolute Gasteiger partial charge is 0.493 e. The van der Waals surface area contributed by atoms with E-state index >= 15 is 0 Å². The monoisotopic (exact) mass is 412 g/mol. The number of hydrogen-bond donors (Lipinski definition) is 3. The summed E-state index contributed by atoms with van der Waals surface area (Å²) in [6, 6.07) is 9.35. The lowest BCUT2D eigenvalue weighted by Gasteiger charge is -2.34. The number of aromatic nitrogens is 1. The van der Waals surface area contributed by atoms with Crippen LogP contribution in [0, 0.1) is 5.92 Å². The molecule has 4 N–H and O–H groups in total. The number of methoxy groups -OCH3 is 2. The number of piperidine rings is 1. The number of hydrogen-bond acceptors (Lipinski definition) is 6. The molecule has 162 valence electrons. The van der Waals surface area contributed by atoms with E-state index in [1.54, 1.807) is 26.6 Å². The second kappa shape index (κ2) is 10.4. The van der Waals surface area contributed by atoms with Gasteiger partial charge in [0.15, 0.2) is 11.5 Å². The zero-order chi connectivity index (χ0) is 21.4. The first-order valence-electron chi connectivity index (χ1n) is 10.5. The minimum Gasteiger partial charge on any atom is -0.493 e. The molecule has 30 heavy (non-hydrogen) atoms. The smallest absolute Gasteiger partial charge is 0.242 e. The maximum atomic E-state index is 12.9. The van der Waals surface area contributed by atoms with Gasteiger partial charge in [-0.05, 0) is 80.2 Å². The van der Waals surface area contributed by atoms with E-state index in [0.29, 0.717) is 30.4 Å². The number of benzene rings is 1. The van der Waals surface area contributed by atoms with Gasteiger partial charge in [0.2, 0.25) is 5.91 Å². The summed E-state index contributed by atoms with van der Waals surface area (Å²) in [7, 11) is 3.17. The Kier molecular flexibility index (Phi) is 7.65. The van der Waals surface area contributed by atoms with Crippen molar-refractivity contribution in [2.24, 2.45) is 11.7 Å². The first-order chi connectivity index (χ1) is 14.6. The Bertz CT molecular complexity index is 824. The molecule has 0 spiro atoms. The van der Waals surface area contributed by atoms with Crippen LogP contribution in [0.3, 0.4) is 0 Å². The molecule has 0 radical (unpaired) electrons. The first kappa shape index (κ1) is 22.1. The van der Waals surface area contributed by atoms with Crippen LogP contribution in [0.25, 0.3) is 0 Å². The third-order valence-corrected chi connectivity index (χ3v) is 5.95. The Morgan fingerprint density at radius 2 is 1.87 bits per heavy atom. The maximum Gasteiger partial charge on any atom is 0.242 e. The van der Waals surface area contributed by atoms with Crippen molar-refractivity contribution in [2.45, 2.75) is 31.2 Å². The third-order valence-electron chi connectivity index (χ3n) is 5.95. The van der Waals surface area contributed by atoms with E-state index < -0.39 is 11.4 Å². The molecule has 1 unspecified atom stereocenters. The Balaban J connectivity index is 1.92. The molecule has 1 fully saturated rings. The topological polar surface area (TPSA) is 98.5 Å². The summed E-state index contributed by atoms with van der Waals surface area (Å²) in [5.41, 5.74) is 6.71. The van der Waals surface area contributed by atoms with E-state index in [0.717, 1.165) is 43.5 Å². The minimum absolute atomic E-state index is 0.420. The van der Waals surface area contributed by atoms with Gasteiger partial charge in [0.25, 0.3) is 0 Å². The molecule has 1 aromatic heterocycles. The highest BCUT2D eigenvalue weighted by atomic mass is 16.5. The van der Waals surface area contributed by atoms with Crippen molar-refractivity contribution >= 4 is 5.91 Å². The highest BCUT2D eigenvalue weighted by Gasteiger charge is 2.39. The highest BCUT2D eigenvalue weighted by molar-refractivity contribution is 5.87. The van der Waals surface area contributed by atoms with Gasteiger partial charge in [-0.25, -0.2) is 0 Å². The second-order valence-corrected chi connectivity index (χ2v) is 7.78. The summed E-state index contributed by atoms with van der Waals surface area (Å²) < 4.78 is 10.8. The Labute approximate surface area is 178 Å². The van der Waals surface area contributed by atoms with Gasteiger partial charge in [0.1, 0.15) is 5.54 Å². The molecule has 0 aliphatic carbocycles. The minimum atomic E-state index is -1.06. The zero-order valence-electron chi connectivity index (χ0n) is 17.8.